The summed E-state index contributed by atoms with van der Waals surface area (Å²) in [7, 11) is 2.07. The molecule has 32 heavy (non-hydrogen) atoms. The second-order valence-electron chi connectivity index (χ2n) is 8.21. The molecule has 4 rings (SSSR count). The van der Waals surface area contributed by atoms with Crippen molar-refractivity contribution in [1.82, 2.24) is 24.6 Å². The van der Waals surface area contributed by atoms with E-state index in [2.05, 4.69) is 33.7 Å². The van der Waals surface area contributed by atoms with Gasteiger partial charge >= 0.3 is 0 Å². The van der Waals surface area contributed by atoms with E-state index in [9.17, 15) is 9.59 Å². The van der Waals surface area contributed by atoms with Crippen molar-refractivity contribution in [2.24, 2.45) is 4.99 Å². The van der Waals surface area contributed by atoms with Crippen molar-refractivity contribution in [3.8, 4) is 16.9 Å². The van der Waals surface area contributed by atoms with Crippen LogP contribution in [0, 0.1) is 6.92 Å². The lowest BCUT2D eigenvalue weighted by Crippen LogP contribution is -2.34. The SMILES string of the molecule is C=NCc1ccc(-c2c[nH]n(-c3ccc(C(=O)N4CCCN(C)CC4)cn3)c2=O)c(C)c1. The zero-order valence-corrected chi connectivity index (χ0v) is 18.5. The molecule has 1 N–H and O–H groups in total. The van der Waals surface area contributed by atoms with E-state index in [1.165, 1.54) is 4.68 Å². The van der Waals surface area contributed by atoms with E-state index >= 15 is 0 Å². The zero-order chi connectivity index (χ0) is 22.7. The third kappa shape index (κ3) is 4.40. The van der Waals surface area contributed by atoms with Crippen molar-refractivity contribution in [2.75, 3.05) is 33.2 Å². The standard InChI is InChI=1S/C24H28N6O2/c1-17-13-18(14-25-2)5-7-20(17)21-16-27-30(24(21)32)22-8-6-19(15-26-22)23(31)29-10-4-9-28(3)11-12-29/h5-8,13,15-16,27H,2,4,9-12,14H2,1,3H3. The summed E-state index contributed by atoms with van der Waals surface area (Å²) in [5, 5.41) is 2.99. The highest BCUT2D eigenvalue weighted by molar-refractivity contribution is 5.94. The van der Waals surface area contributed by atoms with E-state index in [4.69, 9.17) is 0 Å². The van der Waals surface area contributed by atoms with Crippen LogP contribution < -0.4 is 5.56 Å². The predicted octanol–water partition coefficient (Wildman–Crippen LogP) is 2.51. The van der Waals surface area contributed by atoms with Crippen LogP contribution in [0.2, 0.25) is 0 Å². The molecule has 1 aliphatic heterocycles. The lowest BCUT2D eigenvalue weighted by Gasteiger charge is -2.20. The fourth-order valence-electron chi connectivity index (χ4n) is 4.07. The smallest absolute Gasteiger partial charge is 0.280 e. The second kappa shape index (κ2) is 9.32. The molecule has 8 nitrogen and oxygen atoms in total. The maximum Gasteiger partial charge on any atom is 0.280 e. The van der Waals surface area contributed by atoms with Crippen molar-refractivity contribution in [3.05, 3.63) is 69.8 Å². The maximum absolute atomic E-state index is 13.1. The lowest BCUT2D eigenvalue weighted by atomic mass is 10.0. The molecule has 0 radical (unpaired) electrons. The number of nitrogens with zero attached hydrogens (tertiary/aromatic N) is 5. The maximum atomic E-state index is 13.1. The number of likely N-dealkylation sites (N-methyl/N-ethyl adjacent to an activating group) is 1. The molecule has 1 saturated heterocycles. The van der Waals surface area contributed by atoms with Crippen molar-refractivity contribution >= 4 is 12.6 Å². The Morgan fingerprint density at radius 3 is 2.72 bits per heavy atom. The Labute approximate surface area is 187 Å². The first-order valence-corrected chi connectivity index (χ1v) is 10.7. The van der Waals surface area contributed by atoms with Crippen molar-refractivity contribution in [3.63, 3.8) is 0 Å². The molecule has 0 spiro atoms. The van der Waals surface area contributed by atoms with Gasteiger partial charge in [-0.15, -0.1) is 0 Å². The number of hydrogen-bond donors (Lipinski definition) is 1. The minimum atomic E-state index is -0.190. The summed E-state index contributed by atoms with van der Waals surface area (Å²) in [6, 6.07) is 9.32. The van der Waals surface area contributed by atoms with E-state index in [0.717, 1.165) is 42.7 Å². The van der Waals surface area contributed by atoms with E-state index in [-0.39, 0.29) is 11.5 Å². The van der Waals surface area contributed by atoms with Crippen LogP contribution in [0.5, 0.6) is 0 Å². The molecular weight excluding hydrogens is 404 g/mol. The number of hydrogen-bond acceptors (Lipinski definition) is 5. The highest BCUT2D eigenvalue weighted by Crippen LogP contribution is 2.22. The van der Waals surface area contributed by atoms with Crippen LogP contribution in [-0.4, -0.2) is 70.4 Å². The zero-order valence-electron chi connectivity index (χ0n) is 18.5. The van der Waals surface area contributed by atoms with Gasteiger partial charge in [-0.3, -0.25) is 19.7 Å². The summed E-state index contributed by atoms with van der Waals surface area (Å²) >= 11 is 0. The number of aromatic nitrogens is 3. The molecule has 8 heteroatoms. The average Bonchev–Trinajstić information content (AvgIpc) is 3.02. The minimum absolute atomic E-state index is 0.0244. The fraction of sp³-hybridized carbons (Fsp3) is 0.333. The minimum Gasteiger partial charge on any atom is -0.337 e. The van der Waals surface area contributed by atoms with Crippen LogP contribution in [0.3, 0.4) is 0 Å². The van der Waals surface area contributed by atoms with Gasteiger partial charge in [0.05, 0.1) is 17.7 Å². The average molecular weight is 433 g/mol. The van der Waals surface area contributed by atoms with E-state index in [0.29, 0.717) is 30.0 Å². The Morgan fingerprint density at radius 1 is 1.16 bits per heavy atom. The number of aromatic amines is 1. The third-order valence-corrected chi connectivity index (χ3v) is 5.88. The molecule has 0 saturated carbocycles. The lowest BCUT2D eigenvalue weighted by molar-refractivity contribution is 0.0762. The van der Waals surface area contributed by atoms with Crippen LogP contribution in [0.4, 0.5) is 0 Å². The summed E-state index contributed by atoms with van der Waals surface area (Å²) in [6.07, 6.45) is 4.19. The quantitative estimate of drug-likeness (QED) is 0.628. The van der Waals surface area contributed by atoms with Gasteiger partial charge in [0.2, 0.25) is 0 Å². The number of carbonyl (C=O) groups excluding carboxylic acids is 1. The summed E-state index contributed by atoms with van der Waals surface area (Å²) in [4.78, 5) is 38.3. The fourth-order valence-corrected chi connectivity index (χ4v) is 4.07. The van der Waals surface area contributed by atoms with Crippen LogP contribution in [-0.2, 0) is 6.54 Å². The van der Waals surface area contributed by atoms with Crippen LogP contribution in [0.25, 0.3) is 16.9 Å². The number of amides is 1. The van der Waals surface area contributed by atoms with Gasteiger partial charge in [-0.1, -0.05) is 18.2 Å². The number of aliphatic imine (C=N–C) groups is 1. The Balaban J connectivity index is 1.55. The van der Waals surface area contributed by atoms with Crippen LogP contribution in [0.1, 0.15) is 27.9 Å². The van der Waals surface area contributed by atoms with Gasteiger partial charge in [-0.05, 0) is 62.5 Å². The van der Waals surface area contributed by atoms with Crippen molar-refractivity contribution < 1.29 is 4.79 Å². The molecule has 3 heterocycles. The van der Waals surface area contributed by atoms with Crippen LogP contribution in [0.15, 0.2) is 52.5 Å². The topological polar surface area (TPSA) is 86.6 Å². The first kappa shape index (κ1) is 21.7. The molecule has 0 aliphatic carbocycles. The number of nitrogens with one attached hydrogen (secondary N) is 1. The van der Waals surface area contributed by atoms with Crippen molar-refractivity contribution in [2.45, 2.75) is 19.9 Å². The molecule has 1 amide bonds. The number of carbonyl (C=O) groups is 1. The van der Waals surface area contributed by atoms with Gasteiger partial charge in [0.1, 0.15) is 0 Å². The van der Waals surface area contributed by atoms with Gasteiger partial charge < -0.3 is 9.80 Å². The van der Waals surface area contributed by atoms with Crippen molar-refractivity contribution in [1.29, 1.82) is 0 Å². The third-order valence-electron chi connectivity index (χ3n) is 5.88. The molecule has 3 aromatic rings. The van der Waals surface area contributed by atoms with Gasteiger partial charge in [0, 0.05) is 32.0 Å². The first-order valence-electron chi connectivity index (χ1n) is 10.7. The van der Waals surface area contributed by atoms with Gasteiger partial charge in [-0.2, -0.15) is 0 Å². The molecular formula is C24H28N6O2. The number of pyridine rings is 1. The second-order valence-corrected chi connectivity index (χ2v) is 8.21. The number of H-pyrrole nitrogens is 1. The Hall–Kier alpha value is -3.52. The molecule has 1 aromatic carbocycles. The molecule has 0 atom stereocenters. The first-order chi connectivity index (χ1) is 15.5. The van der Waals surface area contributed by atoms with Crippen LogP contribution >= 0.6 is 0 Å². The Kier molecular flexibility index (Phi) is 6.32. The summed E-state index contributed by atoms with van der Waals surface area (Å²) in [5.41, 5.74) is 3.80. The van der Waals surface area contributed by atoms with E-state index in [1.54, 1.807) is 24.5 Å². The number of benzene rings is 1. The summed E-state index contributed by atoms with van der Waals surface area (Å²) < 4.78 is 1.39. The molecule has 0 unspecified atom stereocenters. The molecule has 166 valence electrons. The highest BCUT2D eigenvalue weighted by Gasteiger charge is 2.20. The van der Waals surface area contributed by atoms with Gasteiger partial charge in [0.25, 0.3) is 11.5 Å². The monoisotopic (exact) mass is 432 g/mol. The molecule has 0 bridgehead atoms. The largest absolute Gasteiger partial charge is 0.337 e. The van der Waals surface area contributed by atoms with E-state index < -0.39 is 0 Å². The molecule has 2 aromatic heterocycles. The van der Waals surface area contributed by atoms with E-state index in [1.807, 2.05) is 30.0 Å². The number of aryl methyl sites for hydroxylation is 1. The molecule has 1 aliphatic rings. The Morgan fingerprint density at radius 2 is 2.00 bits per heavy atom. The number of rotatable bonds is 5. The summed E-state index contributed by atoms with van der Waals surface area (Å²) in [5.74, 6) is 0.419. The highest BCUT2D eigenvalue weighted by atomic mass is 16.2. The normalized spacial score (nSPS) is 14.9. The van der Waals surface area contributed by atoms with Gasteiger partial charge in [-0.25, -0.2) is 9.67 Å². The Bertz CT molecular complexity index is 1180. The molecule has 1 fully saturated rings. The van der Waals surface area contributed by atoms with Gasteiger partial charge in [0.15, 0.2) is 5.82 Å². The predicted molar refractivity (Wildman–Crippen MR) is 126 cm³/mol. The summed E-state index contributed by atoms with van der Waals surface area (Å²) in [6.45, 7) is 9.34.